The summed E-state index contributed by atoms with van der Waals surface area (Å²) in [4.78, 5) is 1.96. The van der Waals surface area contributed by atoms with Crippen LogP contribution in [0.15, 0.2) is 42.5 Å². The van der Waals surface area contributed by atoms with Crippen LogP contribution in [0.2, 0.25) is 5.02 Å². The van der Waals surface area contributed by atoms with Crippen LogP contribution in [0, 0.1) is 5.82 Å². The lowest BCUT2D eigenvalue weighted by Gasteiger charge is -2.17. The highest BCUT2D eigenvalue weighted by Crippen LogP contribution is 2.14. The van der Waals surface area contributed by atoms with Crippen molar-refractivity contribution in [3.8, 4) is 0 Å². The number of hydrogen-bond acceptors (Lipinski definition) is 3. The molecule has 0 atom stereocenters. The van der Waals surface area contributed by atoms with E-state index in [0.717, 1.165) is 11.6 Å². The van der Waals surface area contributed by atoms with Gasteiger partial charge in [-0.25, -0.2) is 4.39 Å². The molecule has 2 N–H and O–H groups in total. The summed E-state index contributed by atoms with van der Waals surface area (Å²) in [5.74, 6) is -0.446. The molecule has 0 heterocycles. The van der Waals surface area contributed by atoms with E-state index in [-0.39, 0.29) is 5.46 Å². The molecule has 0 saturated carbocycles. The van der Waals surface area contributed by atoms with Crippen LogP contribution in [0.5, 0.6) is 0 Å². The van der Waals surface area contributed by atoms with Crippen molar-refractivity contribution in [2.75, 3.05) is 7.05 Å². The molecule has 0 radical (unpaired) electrons. The van der Waals surface area contributed by atoms with Gasteiger partial charge >= 0.3 is 7.12 Å². The molecule has 0 aliphatic rings. The molecule has 3 nitrogen and oxygen atoms in total. The van der Waals surface area contributed by atoms with E-state index in [1.807, 2.05) is 36.2 Å². The number of rotatable bonds is 5. The Balaban J connectivity index is 2.04. The van der Waals surface area contributed by atoms with Gasteiger partial charge in [-0.2, -0.15) is 0 Å². The van der Waals surface area contributed by atoms with Crippen LogP contribution in [0.3, 0.4) is 0 Å². The maximum atomic E-state index is 13.9. The molecule has 0 aliphatic heterocycles. The van der Waals surface area contributed by atoms with E-state index in [4.69, 9.17) is 21.6 Å². The van der Waals surface area contributed by atoms with Crippen LogP contribution < -0.4 is 5.46 Å². The smallest absolute Gasteiger partial charge is 0.423 e. The Morgan fingerprint density at radius 3 is 2.52 bits per heavy atom. The van der Waals surface area contributed by atoms with E-state index < -0.39 is 12.9 Å². The first-order valence-electron chi connectivity index (χ1n) is 6.53. The summed E-state index contributed by atoms with van der Waals surface area (Å²) < 4.78 is 13.9. The van der Waals surface area contributed by atoms with Crippen molar-refractivity contribution in [2.24, 2.45) is 0 Å². The third kappa shape index (κ3) is 4.54. The third-order valence-corrected chi connectivity index (χ3v) is 3.39. The van der Waals surface area contributed by atoms with Crippen LogP contribution in [0.1, 0.15) is 11.1 Å². The molecule has 6 heteroatoms. The Kier molecular flexibility index (Phi) is 5.36. The lowest BCUT2D eigenvalue weighted by Crippen LogP contribution is -2.30. The Morgan fingerprint density at radius 1 is 1.14 bits per heavy atom. The quantitative estimate of drug-likeness (QED) is 0.828. The van der Waals surface area contributed by atoms with E-state index in [9.17, 15) is 4.39 Å². The molecule has 0 amide bonds. The average Bonchev–Trinajstić information content (AvgIpc) is 2.40. The highest BCUT2D eigenvalue weighted by Gasteiger charge is 2.14. The largest absolute Gasteiger partial charge is 0.488 e. The van der Waals surface area contributed by atoms with Gasteiger partial charge in [0.15, 0.2) is 0 Å². The average molecular weight is 308 g/mol. The van der Waals surface area contributed by atoms with Gasteiger partial charge in [0.2, 0.25) is 0 Å². The van der Waals surface area contributed by atoms with Gasteiger partial charge in [-0.3, -0.25) is 4.90 Å². The monoisotopic (exact) mass is 307 g/mol. The molecule has 0 aliphatic carbocycles. The summed E-state index contributed by atoms with van der Waals surface area (Å²) >= 11 is 5.93. The van der Waals surface area contributed by atoms with Crippen LogP contribution in [0.4, 0.5) is 4.39 Å². The SMILES string of the molecule is CN(Cc1cccc(Cl)c1)Cc1ccc(B(O)O)cc1F. The molecule has 2 rings (SSSR count). The predicted molar refractivity (Wildman–Crippen MR) is 82.8 cm³/mol. The van der Waals surface area contributed by atoms with E-state index in [0.29, 0.717) is 23.7 Å². The lowest BCUT2D eigenvalue weighted by atomic mass is 9.80. The summed E-state index contributed by atoms with van der Waals surface area (Å²) in [7, 11) is 0.229. The summed E-state index contributed by atoms with van der Waals surface area (Å²) in [6.07, 6.45) is 0. The molecule has 0 bridgehead atoms. The molecule has 110 valence electrons. The van der Waals surface area contributed by atoms with Crippen molar-refractivity contribution >= 4 is 24.2 Å². The number of benzene rings is 2. The summed E-state index contributed by atoms with van der Waals surface area (Å²) in [5, 5.41) is 18.7. The fourth-order valence-electron chi connectivity index (χ4n) is 2.15. The molecule has 0 saturated heterocycles. The van der Waals surface area contributed by atoms with Gasteiger partial charge in [-0.15, -0.1) is 0 Å². The highest BCUT2D eigenvalue weighted by atomic mass is 35.5. The number of hydrogen-bond donors (Lipinski definition) is 2. The fourth-order valence-corrected chi connectivity index (χ4v) is 2.36. The standard InChI is InChI=1S/C15H16BClFNO2/c1-19(9-11-3-2-4-14(17)7-11)10-12-5-6-13(16(20)21)8-15(12)18/h2-8,20-21H,9-10H2,1H3. The Morgan fingerprint density at radius 2 is 1.90 bits per heavy atom. The first-order valence-corrected chi connectivity index (χ1v) is 6.91. The van der Waals surface area contributed by atoms with Gasteiger partial charge in [-0.05, 0) is 36.3 Å². The molecule has 0 fully saturated rings. The second-order valence-electron chi connectivity index (χ2n) is 5.03. The topological polar surface area (TPSA) is 43.7 Å². The van der Waals surface area contributed by atoms with Crippen molar-refractivity contribution in [2.45, 2.75) is 13.1 Å². The number of nitrogens with zero attached hydrogens (tertiary/aromatic N) is 1. The van der Waals surface area contributed by atoms with Gasteiger partial charge in [-0.1, -0.05) is 35.9 Å². The summed E-state index contributed by atoms with van der Waals surface area (Å²) in [6, 6.07) is 11.7. The van der Waals surface area contributed by atoms with Crippen LogP contribution in [-0.4, -0.2) is 29.1 Å². The molecule has 0 aromatic heterocycles. The van der Waals surface area contributed by atoms with Crippen molar-refractivity contribution in [3.05, 3.63) is 64.4 Å². The maximum Gasteiger partial charge on any atom is 0.488 e. The zero-order valence-corrected chi connectivity index (χ0v) is 12.4. The molecule has 0 unspecified atom stereocenters. The van der Waals surface area contributed by atoms with Gasteiger partial charge in [0.25, 0.3) is 0 Å². The van der Waals surface area contributed by atoms with Crippen LogP contribution in [0.25, 0.3) is 0 Å². The zero-order valence-electron chi connectivity index (χ0n) is 11.6. The minimum atomic E-state index is -1.65. The summed E-state index contributed by atoms with van der Waals surface area (Å²) in [6.45, 7) is 1.06. The molecule has 2 aromatic rings. The molecular weight excluding hydrogens is 291 g/mol. The first-order chi connectivity index (χ1) is 9.95. The van der Waals surface area contributed by atoms with Crippen molar-refractivity contribution in [1.82, 2.24) is 4.90 Å². The zero-order chi connectivity index (χ0) is 15.4. The van der Waals surface area contributed by atoms with Gasteiger partial charge in [0.1, 0.15) is 5.82 Å². The Bertz CT molecular complexity index is 624. The highest BCUT2D eigenvalue weighted by molar-refractivity contribution is 6.58. The Labute approximate surface area is 128 Å². The van der Waals surface area contributed by atoms with Gasteiger partial charge < -0.3 is 10.0 Å². The minimum Gasteiger partial charge on any atom is -0.423 e. The third-order valence-electron chi connectivity index (χ3n) is 3.16. The van der Waals surface area contributed by atoms with Crippen LogP contribution in [-0.2, 0) is 13.1 Å². The molecule has 2 aromatic carbocycles. The lowest BCUT2D eigenvalue weighted by molar-refractivity contribution is 0.313. The summed E-state index contributed by atoms with van der Waals surface area (Å²) in [5.41, 5.74) is 1.70. The molecular formula is C15H16BClFNO2. The van der Waals surface area contributed by atoms with Crippen molar-refractivity contribution < 1.29 is 14.4 Å². The number of halogens is 2. The van der Waals surface area contributed by atoms with Crippen molar-refractivity contribution in [3.63, 3.8) is 0 Å². The molecule has 21 heavy (non-hydrogen) atoms. The van der Waals surface area contributed by atoms with E-state index in [1.54, 1.807) is 6.07 Å². The maximum absolute atomic E-state index is 13.9. The fraction of sp³-hybridized carbons (Fsp3) is 0.200. The predicted octanol–water partition coefficient (Wildman–Crippen LogP) is 1.79. The van der Waals surface area contributed by atoms with E-state index in [1.165, 1.54) is 6.07 Å². The van der Waals surface area contributed by atoms with E-state index in [2.05, 4.69) is 0 Å². The Hall–Kier alpha value is -1.40. The van der Waals surface area contributed by atoms with Gasteiger partial charge in [0, 0.05) is 23.7 Å². The normalized spacial score (nSPS) is 11.0. The van der Waals surface area contributed by atoms with E-state index >= 15 is 0 Å². The molecule has 0 spiro atoms. The second kappa shape index (κ2) is 7.05. The minimum absolute atomic E-state index is 0.147. The van der Waals surface area contributed by atoms with Crippen molar-refractivity contribution in [1.29, 1.82) is 0 Å². The van der Waals surface area contributed by atoms with Gasteiger partial charge in [0.05, 0.1) is 0 Å². The second-order valence-corrected chi connectivity index (χ2v) is 5.46. The first kappa shape index (κ1) is 16.0. The van der Waals surface area contributed by atoms with Crippen LogP contribution >= 0.6 is 11.6 Å².